The maximum absolute atomic E-state index is 12.0. The fourth-order valence-electron chi connectivity index (χ4n) is 0.962. The van der Waals surface area contributed by atoms with E-state index in [1.54, 1.807) is 27.7 Å². The zero-order valence-corrected chi connectivity index (χ0v) is 13.1. The first-order valence-corrected chi connectivity index (χ1v) is 7.54. The third-order valence-electron chi connectivity index (χ3n) is 1.96. The summed E-state index contributed by atoms with van der Waals surface area (Å²) in [5.74, 6) is 0. The molecule has 0 bridgehead atoms. The first kappa shape index (κ1) is 17.3. The van der Waals surface area contributed by atoms with Crippen molar-refractivity contribution in [2.24, 2.45) is 4.40 Å². The Morgan fingerprint density at radius 2 is 2.00 bits per heavy atom. The Kier molecular flexibility index (Phi) is 5.45. The number of hydrogen-bond donors (Lipinski definition) is 0. The quantitative estimate of drug-likeness (QED) is 0.629. The molecule has 0 saturated heterocycles. The minimum Gasteiger partial charge on any atom is -0.591 e. The van der Waals surface area contributed by atoms with Crippen LogP contribution < -0.4 is 4.74 Å². The molecular formula is C11H15F3N2O2S2. The van der Waals surface area contributed by atoms with Gasteiger partial charge < -0.3 is 9.29 Å². The average Bonchev–Trinajstić information content (AvgIpc) is 2.62. The van der Waals surface area contributed by atoms with Gasteiger partial charge in [0.25, 0.3) is 5.19 Å². The highest BCUT2D eigenvalue weighted by Gasteiger charge is 2.29. The number of aromatic nitrogens is 1. The van der Waals surface area contributed by atoms with E-state index in [9.17, 15) is 17.7 Å². The van der Waals surface area contributed by atoms with E-state index in [4.69, 9.17) is 0 Å². The van der Waals surface area contributed by atoms with Crippen LogP contribution in [0.1, 0.15) is 31.3 Å². The van der Waals surface area contributed by atoms with Crippen LogP contribution in [0.2, 0.25) is 0 Å². The van der Waals surface area contributed by atoms with Crippen LogP contribution in [0.5, 0.6) is 5.19 Å². The number of aryl methyl sites for hydroxylation is 1. The molecule has 0 aromatic carbocycles. The molecule has 20 heavy (non-hydrogen) atoms. The number of alkyl halides is 3. The van der Waals surface area contributed by atoms with E-state index in [0.717, 1.165) is 11.3 Å². The maximum Gasteiger partial charge on any atom is 0.422 e. The summed E-state index contributed by atoms with van der Waals surface area (Å²) in [6.45, 7) is 5.57. The van der Waals surface area contributed by atoms with Gasteiger partial charge in [-0.1, -0.05) is 15.7 Å². The first-order valence-electron chi connectivity index (χ1n) is 5.62. The second-order valence-electron chi connectivity index (χ2n) is 4.93. The Morgan fingerprint density at radius 3 is 2.50 bits per heavy atom. The average molecular weight is 328 g/mol. The van der Waals surface area contributed by atoms with E-state index in [1.807, 2.05) is 0 Å². The molecular weight excluding hydrogens is 313 g/mol. The second kappa shape index (κ2) is 6.31. The number of hydrogen-bond acceptors (Lipinski definition) is 5. The van der Waals surface area contributed by atoms with E-state index in [0.29, 0.717) is 10.6 Å². The van der Waals surface area contributed by atoms with Crippen molar-refractivity contribution >= 4 is 28.9 Å². The van der Waals surface area contributed by atoms with Gasteiger partial charge in [-0.15, -0.1) is 0 Å². The smallest absolute Gasteiger partial charge is 0.422 e. The Bertz CT molecular complexity index is 481. The molecule has 1 atom stereocenters. The van der Waals surface area contributed by atoms with Gasteiger partial charge in [0.15, 0.2) is 6.61 Å². The van der Waals surface area contributed by atoms with Crippen LogP contribution in [-0.2, 0) is 11.4 Å². The Hall–Kier alpha value is -0.800. The lowest BCUT2D eigenvalue weighted by atomic mass is 10.3. The Morgan fingerprint density at radius 1 is 1.40 bits per heavy atom. The van der Waals surface area contributed by atoms with Gasteiger partial charge in [0.05, 0.1) is 16.8 Å². The van der Waals surface area contributed by atoms with Crippen molar-refractivity contribution in [3.8, 4) is 5.19 Å². The zero-order chi connectivity index (χ0) is 15.6. The minimum atomic E-state index is -4.40. The van der Waals surface area contributed by atoms with Crippen molar-refractivity contribution in [2.75, 3.05) is 6.61 Å². The molecule has 0 spiro atoms. The zero-order valence-electron chi connectivity index (χ0n) is 11.4. The monoisotopic (exact) mass is 328 g/mol. The van der Waals surface area contributed by atoms with Crippen LogP contribution in [0.4, 0.5) is 13.2 Å². The van der Waals surface area contributed by atoms with Crippen molar-refractivity contribution in [2.45, 2.75) is 38.6 Å². The van der Waals surface area contributed by atoms with Crippen molar-refractivity contribution in [3.63, 3.8) is 0 Å². The molecule has 0 aliphatic heterocycles. The normalized spacial score (nSPS) is 14.8. The van der Waals surface area contributed by atoms with Crippen molar-refractivity contribution in [3.05, 3.63) is 10.6 Å². The van der Waals surface area contributed by atoms with Crippen LogP contribution in [-0.4, -0.2) is 33.3 Å². The topological polar surface area (TPSA) is 57.5 Å². The number of halogens is 3. The molecule has 0 aliphatic carbocycles. The molecule has 1 aromatic rings. The number of rotatable bonds is 4. The fraction of sp³-hybridized carbons (Fsp3) is 0.636. The molecule has 0 radical (unpaired) electrons. The third kappa shape index (κ3) is 5.68. The standard InChI is InChI=1S/C11H15F3N2O2S2/c1-7-8(5-15-20(17)10(2,3)4)19-9(16-7)18-6-11(12,13)14/h5H,6H2,1-4H3/t20-/m0/s1. The lowest BCUT2D eigenvalue weighted by molar-refractivity contribution is -0.153. The van der Waals surface area contributed by atoms with E-state index >= 15 is 0 Å². The molecule has 1 rings (SSSR count). The SMILES string of the molecule is Cc1nc(OCC(F)(F)F)sc1C=N[S@@+]([O-])C(C)(C)C. The van der Waals surface area contributed by atoms with Gasteiger partial charge >= 0.3 is 6.18 Å². The summed E-state index contributed by atoms with van der Waals surface area (Å²) in [4.78, 5) is 4.39. The molecule has 0 unspecified atom stereocenters. The molecule has 0 amide bonds. The summed E-state index contributed by atoms with van der Waals surface area (Å²) < 4.78 is 55.7. The third-order valence-corrected chi connectivity index (χ3v) is 4.31. The van der Waals surface area contributed by atoms with Gasteiger partial charge in [-0.2, -0.15) is 13.2 Å². The summed E-state index contributed by atoms with van der Waals surface area (Å²) >= 11 is -0.491. The lowest BCUT2D eigenvalue weighted by Gasteiger charge is -2.17. The van der Waals surface area contributed by atoms with Gasteiger partial charge in [0.1, 0.15) is 16.1 Å². The van der Waals surface area contributed by atoms with Gasteiger partial charge in [0.2, 0.25) is 0 Å². The van der Waals surface area contributed by atoms with E-state index in [1.165, 1.54) is 6.21 Å². The molecule has 0 N–H and O–H groups in total. The predicted molar refractivity (Wildman–Crippen MR) is 73.9 cm³/mol. The van der Waals surface area contributed by atoms with Crippen LogP contribution in [0.3, 0.4) is 0 Å². The van der Waals surface area contributed by atoms with Crippen LogP contribution >= 0.6 is 11.3 Å². The number of thiazole rings is 1. The van der Waals surface area contributed by atoms with Gasteiger partial charge in [0, 0.05) is 0 Å². The largest absolute Gasteiger partial charge is 0.591 e. The van der Waals surface area contributed by atoms with Crippen molar-refractivity contribution in [1.29, 1.82) is 0 Å². The Labute approximate surface area is 122 Å². The molecule has 1 heterocycles. The minimum absolute atomic E-state index is 0.0807. The summed E-state index contributed by atoms with van der Waals surface area (Å²) in [5.41, 5.74) is 0.488. The van der Waals surface area contributed by atoms with Gasteiger partial charge in [-0.3, -0.25) is 0 Å². The van der Waals surface area contributed by atoms with E-state index in [-0.39, 0.29) is 5.19 Å². The summed E-state index contributed by atoms with van der Waals surface area (Å²) in [6.07, 6.45) is -3.05. The first-order chi connectivity index (χ1) is 8.99. The van der Waals surface area contributed by atoms with Crippen LogP contribution in [0.25, 0.3) is 0 Å². The summed E-state index contributed by atoms with van der Waals surface area (Å²) in [7, 11) is 0. The van der Waals surface area contributed by atoms with Crippen LogP contribution in [0, 0.1) is 6.92 Å². The molecule has 9 heteroatoms. The van der Waals surface area contributed by atoms with Crippen LogP contribution in [0.15, 0.2) is 4.40 Å². The highest BCUT2D eigenvalue weighted by atomic mass is 32.2. The number of ether oxygens (including phenoxy) is 1. The van der Waals surface area contributed by atoms with E-state index in [2.05, 4.69) is 14.1 Å². The second-order valence-corrected chi connectivity index (χ2v) is 7.86. The highest BCUT2D eigenvalue weighted by molar-refractivity contribution is 7.91. The summed E-state index contributed by atoms with van der Waals surface area (Å²) in [6, 6.07) is 0. The van der Waals surface area contributed by atoms with Gasteiger partial charge in [-0.25, -0.2) is 4.98 Å². The number of nitrogens with zero attached hydrogens (tertiary/aromatic N) is 2. The van der Waals surface area contributed by atoms with Crippen molar-refractivity contribution < 1.29 is 22.5 Å². The molecule has 0 saturated carbocycles. The molecule has 0 fully saturated rings. The summed E-state index contributed by atoms with van der Waals surface area (Å²) in [5, 5.41) is -0.0807. The van der Waals surface area contributed by atoms with E-state index < -0.39 is 28.9 Å². The maximum atomic E-state index is 12.0. The molecule has 1 aromatic heterocycles. The Balaban J connectivity index is 2.73. The fourth-order valence-corrected chi connectivity index (χ4v) is 2.33. The highest BCUT2D eigenvalue weighted by Crippen LogP contribution is 2.26. The lowest BCUT2D eigenvalue weighted by Crippen LogP contribution is -2.25. The predicted octanol–water partition coefficient (Wildman–Crippen LogP) is 3.27. The molecule has 0 aliphatic rings. The van der Waals surface area contributed by atoms with Crippen molar-refractivity contribution in [1.82, 2.24) is 4.98 Å². The molecule has 4 nitrogen and oxygen atoms in total. The molecule has 114 valence electrons. The van der Waals surface area contributed by atoms with Gasteiger partial charge in [-0.05, 0) is 27.7 Å².